The summed E-state index contributed by atoms with van der Waals surface area (Å²) in [7, 11) is 3.68. The molecule has 2 aromatic rings. The van der Waals surface area contributed by atoms with Crippen molar-refractivity contribution in [3.8, 4) is 5.75 Å². The Kier molecular flexibility index (Phi) is 5.38. The van der Waals surface area contributed by atoms with Crippen LogP contribution in [0, 0.1) is 0 Å². The van der Waals surface area contributed by atoms with Crippen LogP contribution in [0.3, 0.4) is 0 Å². The number of aromatic nitrogens is 2. The van der Waals surface area contributed by atoms with Gasteiger partial charge < -0.3 is 15.0 Å². The topological polar surface area (TPSA) is 50.3 Å². The highest BCUT2D eigenvalue weighted by molar-refractivity contribution is 9.10. The van der Waals surface area contributed by atoms with Crippen molar-refractivity contribution >= 4 is 27.7 Å². The number of hydrogen-bond donors (Lipinski definition) is 1. The van der Waals surface area contributed by atoms with Gasteiger partial charge in [0.2, 0.25) is 5.95 Å². The van der Waals surface area contributed by atoms with E-state index in [1.54, 1.807) is 13.3 Å². The van der Waals surface area contributed by atoms with Gasteiger partial charge in [0.05, 0.1) is 11.6 Å². The molecule has 0 saturated heterocycles. The summed E-state index contributed by atoms with van der Waals surface area (Å²) in [6, 6.07) is 8.02. The maximum absolute atomic E-state index is 5.25. The SMILES string of the molecule is CCNc1ncc(Br)c(N(C)Cc2cccc(OC)c2)n1. The van der Waals surface area contributed by atoms with E-state index in [9.17, 15) is 0 Å². The molecular formula is C15H19BrN4O. The molecule has 0 fully saturated rings. The zero-order valence-electron chi connectivity index (χ0n) is 12.4. The lowest BCUT2D eigenvalue weighted by Gasteiger charge is -2.20. The van der Waals surface area contributed by atoms with Crippen LogP contribution >= 0.6 is 15.9 Å². The minimum Gasteiger partial charge on any atom is -0.497 e. The molecule has 0 aliphatic rings. The van der Waals surface area contributed by atoms with Crippen molar-refractivity contribution in [2.24, 2.45) is 0 Å². The lowest BCUT2D eigenvalue weighted by molar-refractivity contribution is 0.414. The van der Waals surface area contributed by atoms with Crippen molar-refractivity contribution < 1.29 is 4.74 Å². The van der Waals surface area contributed by atoms with E-state index in [1.165, 1.54) is 0 Å². The van der Waals surface area contributed by atoms with Gasteiger partial charge in [-0.25, -0.2) is 4.98 Å². The number of benzene rings is 1. The first kappa shape index (κ1) is 15.6. The molecular weight excluding hydrogens is 332 g/mol. The summed E-state index contributed by atoms with van der Waals surface area (Å²) in [5.41, 5.74) is 1.16. The number of halogens is 1. The molecule has 0 amide bonds. The highest BCUT2D eigenvalue weighted by Gasteiger charge is 2.10. The summed E-state index contributed by atoms with van der Waals surface area (Å²) in [4.78, 5) is 10.8. The van der Waals surface area contributed by atoms with E-state index < -0.39 is 0 Å². The lowest BCUT2D eigenvalue weighted by atomic mass is 10.2. The Balaban J connectivity index is 2.18. The predicted molar refractivity (Wildman–Crippen MR) is 89.0 cm³/mol. The minimum atomic E-state index is 0.633. The molecule has 2 rings (SSSR count). The molecule has 112 valence electrons. The molecule has 0 spiro atoms. The average molecular weight is 351 g/mol. The van der Waals surface area contributed by atoms with E-state index in [0.717, 1.165) is 34.7 Å². The van der Waals surface area contributed by atoms with Gasteiger partial charge >= 0.3 is 0 Å². The number of nitrogens with one attached hydrogen (secondary N) is 1. The molecule has 0 radical (unpaired) electrons. The van der Waals surface area contributed by atoms with Gasteiger partial charge in [-0.15, -0.1) is 0 Å². The first-order valence-corrected chi connectivity index (χ1v) is 7.53. The zero-order chi connectivity index (χ0) is 15.2. The van der Waals surface area contributed by atoms with Gasteiger partial charge in [-0.2, -0.15) is 4.98 Å². The van der Waals surface area contributed by atoms with Gasteiger partial charge in [0, 0.05) is 26.3 Å². The van der Waals surface area contributed by atoms with Crippen LogP contribution in [0.4, 0.5) is 11.8 Å². The zero-order valence-corrected chi connectivity index (χ0v) is 14.0. The van der Waals surface area contributed by atoms with Crippen molar-refractivity contribution in [3.05, 3.63) is 40.5 Å². The Morgan fingerprint density at radius 2 is 2.19 bits per heavy atom. The van der Waals surface area contributed by atoms with E-state index in [2.05, 4.69) is 42.2 Å². The quantitative estimate of drug-likeness (QED) is 0.865. The van der Waals surface area contributed by atoms with Gasteiger partial charge in [-0.1, -0.05) is 12.1 Å². The molecule has 0 atom stereocenters. The van der Waals surface area contributed by atoms with Crippen molar-refractivity contribution in [1.29, 1.82) is 0 Å². The third kappa shape index (κ3) is 4.07. The number of rotatable bonds is 6. The smallest absolute Gasteiger partial charge is 0.224 e. The molecule has 1 aromatic heterocycles. The molecule has 1 N–H and O–H groups in total. The Morgan fingerprint density at radius 1 is 1.38 bits per heavy atom. The Morgan fingerprint density at radius 3 is 2.90 bits per heavy atom. The van der Waals surface area contributed by atoms with Crippen LogP contribution in [0.1, 0.15) is 12.5 Å². The standard InChI is InChI=1S/C15H19BrN4O/c1-4-17-15-18-9-13(16)14(19-15)20(2)10-11-6-5-7-12(8-11)21-3/h5-9H,4,10H2,1-3H3,(H,17,18,19). The van der Waals surface area contributed by atoms with E-state index in [-0.39, 0.29) is 0 Å². The molecule has 0 saturated carbocycles. The Hall–Kier alpha value is -1.82. The van der Waals surface area contributed by atoms with E-state index in [1.807, 2.05) is 32.2 Å². The summed E-state index contributed by atoms with van der Waals surface area (Å²) < 4.78 is 6.12. The fraction of sp³-hybridized carbons (Fsp3) is 0.333. The van der Waals surface area contributed by atoms with Crippen LogP contribution < -0.4 is 15.0 Å². The van der Waals surface area contributed by atoms with Crippen LogP contribution in [-0.2, 0) is 6.54 Å². The molecule has 0 aliphatic carbocycles. The van der Waals surface area contributed by atoms with Gasteiger partial charge in [0.1, 0.15) is 11.6 Å². The molecule has 1 aromatic carbocycles. The number of ether oxygens (including phenoxy) is 1. The third-order valence-electron chi connectivity index (χ3n) is 2.98. The van der Waals surface area contributed by atoms with E-state index in [0.29, 0.717) is 5.95 Å². The summed E-state index contributed by atoms with van der Waals surface area (Å²) in [5.74, 6) is 2.34. The van der Waals surface area contributed by atoms with E-state index >= 15 is 0 Å². The predicted octanol–water partition coefficient (Wildman–Crippen LogP) is 3.32. The molecule has 0 bridgehead atoms. The largest absolute Gasteiger partial charge is 0.497 e. The van der Waals surface area contributed by atoms with Crippen LogP contribution in [-0.4, -0.2) is 30.7 Å². The summed E-state index contributed by atoms with van der Waals surface area (Å²) in [6.07, 6.45) is 1.77. The van der Waals surface area contributed by atoms with Crippen LogP contribution in [0.2, 0.25) is 0 Å². The molecule has 5 nitrogen and oxygen atoms in total. The van der Waals surface area contributed by atoms with Crippen LogP contribution in [0.5, 0.6) is 5.75 Å². The monoisotopic (exact) mass is 350 g/mol. The maximum Gasteiger partial charge on any atom is 0.224 e. The van der Waals surface area contributed by atoms with Gasteiger partial charge in [-0.3, -0.25) is 0 Å². The highest BCUT2D eigenvalue weighted by Crippen LogP contribution is 2.25. The summed E-state index contributed by atoms with van der Waals surface area (Å²) >= 11 is 3.50. The third-order valence-corrected chi connectivity index (χ3v) is 3.54. The van der Waals surface area contributed by atoms with Crippen LogP contribution in [0.25, 0.3) is 0 Å². The highest BCUT2D eigenvalue weighted by atomic mass is 79.9. The molecule has 6 heteroatoms. The first-order valence-electron chi connectivity index (χ1n) is 6.74. The number of anilines is 2. The van der Waals surface area contributed by atoms with Crippen LogP contribution in [0.15, 0.2) is 34.9 Å². The summed E-state index contributed by atoms with van der Waals surface area (Å²) in [6.45, 7) is 3.55. The minimum absolute atomic E-state index is 0.633. The average Bonchev–Trinajstić information content (AvgIpc) is 2.49. The molecule has 1 heterocycles. The molecule has 0 aliphatic heterocycles. The maximum atomic E-state index is 5.25. The summed E-state index contributed by atoms with van der Waals surface area (Å²) in [5, 5.41) is 3.12. The Labute approximate surface area is 133 Å². The van der Waals surface area contributed by atoms with Crippen molar-refractivity contribution in [2.45, 2.75) is 13.5 Å². The molecule has 21 heavy (non-hydrogen) atoms. The number of hydrogen-bond acceptors (Lipinski definition) is 5. The number of methoxy groups -OCH3 is 1. The van der Waals surface area contributed by atoms with Gasteiger partial charge in [-0.05, 0) is 40.5 Å². The van der Waals surface area contributed by atoms with Gasteiger partial charge in [0.15, 0.2) is 0 Å². The second-order valence-electron chi connectivity index (χ2n) is 4.60. The fourth-order valence-corrected chi connectivity index (χ4v) is 2.48. The molecule has 0 unspecified atom stereocenters. The lowest BCUT2D eigenvalue weighted by Crippen LogP contribution is -2.19. The Bertz CT molecular complexity index is 606. The van der Waals surface area contributed by atoms with Gasteiger partial charge in [0.25, 0.3) is 0 Å². The van der Waals surface area contributed by atoms with Crippen molar-refractivity contribution in [1.82, 2.24) is 9.97 Å². The second-order valence-corrected chi connectivity index (χ2v) is 5.46. The normalized spacial score (nSPS) is 10.3. The second kappa shape index (κ2) is 7.26. The fourth-order valence-electron chi connectivity index (χ4n) is 1.99. The number of nitrogens with zero attached hydrogens (tertiary/aromatic N) is 3. The van der Waals surface area contributed by atoms with E-state index in [4.69, 9.17) is 4.74 Å². The van der Waals surface area contributed by atoms with Crippen molar-refractivity contribution in [3.63, 3.8) is 0 Å². The van der Waals surface area contributed by atoms with Crippen molar-refractivity contribution in [2.75, 3.05) is 30.9 Å². The first-order chi connectivity index (χ1) is 10.1.